The van der Waals surface area contributed by atoms with Crippen LogP contribution in [0.3, 0.4) is 0 Å². The molecule has 1 heterocycles. The Bertz CT molecular complexity index is 351. The van der Waals surface area contributed by atoms with E-state index in [-0.39, 0.29) is 11.5 Å². The van der Waals surface area contributed by atoms with Crippen molar-refractivity contribution in [1.82, 2.24) is 10.3 Å². The number of hydrogen-bond acceptors (Lipinski definition) is 3. The number of pyridine rings is 1. The average Bonchev–Trinajstić information content (AvgIpc) is 2.30. The van der Waals surface area contributed by atoms with Gasteiger partial charge in [-0.3, -0.25) is 4.98 Å². The van der Waals surface area contributed by atoms with E-state index in [9.17, 15) is 0 Å². The summed E-state index contributed by atoms with van der Waals surface area (Å²) in [6, 6.07) is 8.44. The predicted octanol–water partition coefficient (Wildman–Crippen LogP) is 2.67. The molecule has 1 N–H and O–H groups in total. The van der Waals surface area contributed by atoms with Crippen molar-refractivity contribution < 1.29 is 0 Å². The highest BCUT2D eigenvalue weighted by Gasteiger charge is 2.16. The van der Waals surface area contributed by atoms with Gasteiger partial charge in [0.25, 0.3) is 0 Å². The monoisotopic (exact) mass is 217 g/mol. The van der Waals surface area contributed by atoms with E-state index >= 15 is 0 Å². The van der Waals surface area contributed by atoms with Crippen LogP contribution in [0.25, 0.3) is 0 Å². The topological polar surface area (TPSA) is 48.7 Å². The first-order chi connectivity index (χ1) is 7.55. The molecular formula is C13H19N3. The number of nitrogens with one attached hydrogen (secondary N) is 1. The Labute approximate surface area is 97.5 Å². The fraction of sp³-hybridized carbons (Fsp3) is 0.538. The molecule has 3 nitrogen and oxygen atoms in total. The summed E-state index contributed by atoms with van der Waals surface area (Å²) < 4.78 is 0. The van der Waals surface area contributed by atoms with Gasteiger partial charge in [-0.05, 0) is 45.9 Å². The maximum absolute atomic E-state index is 8.89. The lowest BCUT2D eigenvalue weighted by Crippen LogP contribution is -2.24. The third-order valence-corrected chi connectivity index (χ3v) is 2.63. The number of hydrogen-bond donors (Lipinski definition) is 1. The van der Waals surface area contributed by atoms with Gasteiger partial charge in [0.15, 0.2) is 0 Å². The Kier molecular flexibility index (Phi) is 4.45. The van der Waals surface area contributed by atoms with E-state index in [0.717, 1.165) is 18.7 Å². The summed E-state index contributed by atoms with van der Waals surface area (Å²) in [6.07, 6.45) is 2.65. The van der Waals surface area contributed by atoms with Gasteiger partial charge in [-0.2, -0.15) is 5.26 Å². The van der Waals surface area contributed by atoms with Gasteiger partial charge in [0, 0.05) is 12.2 Å². The Morgan fingerprint density at radius 2 is 2.25 bits per heavy atom. The molecule has 0 spiro atoms. The lowest BCUT2D eigenvalue weighted by atomic mass is 9.91. The molecule has 3 heteroatoms. The Morgan fingerprint density at radius 3 is 2.81 bits per heavy atom. The van der Waals surface area contributed by atoms with Crippen molar-refractivity contribution in [2.75, 3.05) is 6.54 Å². The minimum atomic E-state index is -0.253. The first kappa shape index (κ1) is 12.7. The number of aromatic nitrogens is 1. The van der Waals surface area contributed by atoms with Crippen LogP contribution < -0.4 is 5.32 Å². The summed E-state index contributed by atoms with van der Waals surface area (Å²) in [5, 5.41) is 12.3. The van der Waals surface area contributed by atoms with Crippen molar-refractivity contribution in [3.8, 4) is 6.07 Å². The minimum Gasteiger partial charge on any atom is -0.309 e. The van der Waals surface area contributed by atoms with Crippen molar-refractivity contribution in [3.05, 3.63) is 30.1 Å². The maximum Gasteiger partial charge on any atom is 0.0684 e. The summed E-state index contributed by atoms with van der Waals surface area (Å²) in [4.78, 5) is 4.29. The maximum atomic E-state index is 8.89. The highest BCUT2D eigenvalue weighted by Crippen LogP contribution is 2.18. The molecule has 1 aromatic rings. The molecule has 0 bridgehead atoms. The highest BCUT2D eigenvalue weighted by atomic mass is 14.9. The number of nitriles is 1. The van der Waals surface area contributed by atoms with Crippen LogP contribution in [0.1, 0.15) is 38.9 Å². The van der Waals surface area contributed by atoms with Gasteiger partial charge in [0.2, 0.25) is 0 Å². The van der Waals surface area contributed by atoms with Crippen LogP contribution in [0.5, 0.6) is 0 Å². The molecule has 0 amide bonds. The normalized spacial score (nSPS) is 13.1. The molecule has 1 rings (SSSR count). The minimum absolute atomic E-state index is 0.232. The second kappa shape index (κ2) is 5.62. The molecule has 0 saturated carbocycles. The van der Waals surface area contributed by atoms with Gasteiger partial charge < -0.3 is 5.32 Å². The van der Waals surface area contributed by atoms with Gasteiger partial charge in [-0.15, -0.1) is 0 Å². The molecule has 0 aliphatic carbocycles. The third-order valence-electron chi connectivity index (χ3n) is 2.63. The predicted molar refractivity (Wildman–Crippen MR) is 64.7 cm³/mol. The lowest BCUT2D eigenvalue weighted by Gasteiger charge is -2.18. The first-order valence-electron chi connectivity index (χ1n) is 5.61. The molecule has 0 fully saturated rings. The Hall–Kier alpha value is -1.40. The zero-order valence-electron chi connectivity index (χ0n) is 10.2. The summed E-state index contributed by atoms with van der Waals surface area (Å²) in [6.45, 7) is 6.83. The van der Waals surface area contributed by atoms with Crippen molar-refractivity contribution in [2.24, 2.45) is 5.41 Å². The van der Waals surface area contributed by atoms with Crippen LogP contribution in [0, 0.1) is 16.7 Å². The van der Waals surface area contributed by atoms with Gasteiger partial charge in [-0.25, -0.2) is 0 Å². The van der Waals surface area contributed by atoms with E-state index < -0.39 is 0 Å². The van der Waals surface area contributed by atoms with Crippen LogP contribution in [0.4, 0.5) is 0 Å². The first-order valence-corrected chi connectivity index (χ1v) is 5.61. The van der Waals surface area contributed by atoms with Gasteiger partial charge in [0.05, 0.1) is 17.2 Å². The highest BCUT2D eigenvalue weighted by molar-refractivity contribution is 5.07. The number of rotatable bonds is 5. The van der Waals surface area contributed by atoms with Crippen molar-refractivity contribution in [3.63, 3.8) is 0 Å². The van der Waals surface area contributed by atoms with E-state index in [1.165, 1.54) is 0 Å². The van der Waals surface area contributed by atoms with Gasteiger partial charge >= 0.3 is 0 Å². The van der Waals surface area contributed by atoms with E-state index in [0.29, 0.717) is 0 Å². The molecule has 0 aliphatic heterocycles. The Balaban J connectivity index is 2.38. The van der Waals surface area contributed by atoms with Crippen molar-refractivity contribution in [2.45, 2.75) is 33.2 Å². The summed E-state index contributed by atoms with van der Waals surface area (Å²) in [7, 11) is 0. The lowest BCUT2D eigenvalue weighted by molar-refractivity contribution is 0.414. The SMILES string of the molecule is C[C@@H](NCCC(C)(C)C#N)c1ccccn1. The van der Waals surface area contributed by atoms with Crippen LogP contribution in [-0.4, -0.2) is 11.5 Å². The molecule has 16 heavy (non-hydrogen) atoms. The molecule has 0 saturated heterocycles. The van der Waals surface area contributed by atoms with Gasteiger partial charge in [-0.1, -0.05) is 6.07 Å². The molecule has 1 atom stereocenters. The molecular weight excluding hydrogens is 198 g/mol. The largest absolute Gasteiger partial charge is 0.309 e. The molecule has 0 aliphatic rings. The van der Waals surface area contributed by atoms with E-state index in [1.807, 2.05) is 32.0 Å². The molecule has 0 unspecified atom stereocenters. The van der Waals surface area contributed by atoms with Crippen molar-refractivity contribution >= 4 is 0 Å². The van der Waals surface area contributed by atoms with Gasteiger partial charge in [0.1, 0.15) is 0 Å². The third kappa shape index (κ3) is 4.00. The smallest absolute Gasteiger partial charge is 0.0684 e. The van der Waals surface area contributed by atoms with E-state index in [4.69, 9.17) is 5.26 Å². The second-order valence-electron chi connectivity index (χ2n) is 4.68. The zero-order chi connectivity index (χ0) is 12.0. The number of nitrogens with zero attached hydrogens (tertiary/aromatic N) is 2. The molecule has 1 aromatic heterocycles. The Morgan fingerprint density at radius 1 is 1.50 bits per heavy atom. The molecule has 0 radical (unpaired) electrons. The average molecular weight is 217 g/mol. The quantitative estimate of drug-likeness (QED) is 0.825. The summed E-state index contributed by atoms with van der Waals surface area (Å²) in [5.41, 5.74) is 0.786. The fourth-order valence-electron chi connectivity index (χ4n) is 1.39. The van der Waals surface area contributed by atoms with Crippen LogP contribution >= 0.6 is 0 Å². The van der Waals surface area contributed by atoms with E-state index in [2.05, 4.69) is 23.3 Å². The van der Waals surface area contributed by atoms with E-state index in [1.54, 1.807) is 6.20 Å². The molecule has 86 valence electrons. The second-order valence-corrected chi connectivity index (χ2v) is 4.68. The van der Waals surface area contributed by atoms with Crippen molar-refractivity contribution in [1.29, 1.82) is 5.26 Å². The fourth-order valence-corrected chi connectivity index (χ4v) is 1.39. The summed E-state index contributed by atoms with van der Waals surface area (Å²) >= 11 is 0. The van der Waals surface area contributed by atoms with Crippen LogP contribution in [0.15, 0.2) is 24.4 Å². The standard InChI is InChI=1S/C13H19N3/c1-11(12-6-4-5-8-16-12)15-9-7-13(2,3)10-14/h4-6,8,11,15H,7,9H2,1-3H3/t11-/m1/s1. The molecule has 0 aromatic carbocycles. The van der Waals surface area contributed by atoms with Crippen LogP contribution in [-0.2, 0) is 0 Å². The van der Waals surface area contributed by atoms with Crippen LogP contribution in [0.2, 0.25) is 0 Å². The summed E-state index contributed by atoms with van der Waals surface area (Å²) in [5.74, 6) is 0. The zero-order valence-corrected chi connectivity index (χ0v) is 10.2.